The SMILES string of the molecule is CC[C@H](C)NCc1ccc(-c2ccc(F)cc2)o1. The highest BCUT2D eigenvalue weighted by Gasteiger charge is 2.06. The van der Waals surface area contributed by atoms with Gasteiger partial charge in [-0.05, 0) is 49.7 Å². The average molecular weight is 247 g/mol. The third-order valence-electron chi connectivity index (χ3n) is 3.03. The summed E-state index contributed by atoms with van der Waals surface area (Å²) in [6.07, 6.45) is 1.09. The fourth-order valence-corrected chi connectivity index (χ4v) is 1.66. The Morgan fingerprint density at radius 2 is 1.89 bits per heavy atom. The van der Waals surface area contributed by atoms with Crippen LogP contribution in [0, 0.1) is 5.82 Å². The van der Waals surface area contributed by atoms with Crippen LogP contribution in [-0.2, 0) is 6.54 Å². The second-order valence-corrected chi connectivity index (χ2v) is 4.46. The van der Waals surface area contributed by atoms with Crippen LogP contribution in [0.25, 0.3) is 11.3 Å². The molecule has 3 heteroatoms. The predicted octanol–water partition coefficient (Wildman–Crippen LogP) is 3.97. The van der Waals surface area contributed by atoms with Crippen molar-refractivity contribution in [3.8, 4) is 11.3 Å². The number of hydrogen-bond acceptors (Lipinski definition) is 2. The highest BCUT2D eigenvalue weighted by molar-refractivity contribution is 5.57. The first-order valence-electron chi connectivity index (χ1n) is 6.27. The Bertz CT molecular complexity index is 489. The summed E-state index contributed by atoms with van der Waals surface area (Å²) in [6, 6.07) is 10.7. The summed E-state index contributed by atoms with van der Waals surface area (Å²) in [5.74, 6) is 1.44. The maximum absolute atomic E-state index is 12.8. The number of furan rings is 1. The molecule has 0 radical (unpaired) electrons. The van der Waals surface area contributed by atoms with Gasteiger partial charge in [-0.3, -0.25) is 0 Å². The number of halogens is 1. The molecule has 1 N–H and O–H groups in total. The summed E-state index contributed by atoms with van der Waals surface area (Å²) in [5.41, 5.74) is 0.895. The molecule has 2 rings (SSSR count). The van der Waals surface area contributed by atoms with E-state index in [1.165, 1.54) is 12.1 Å². The van der Waals surface area contributed by atoms with Crippen LogP contribution in [0.3, 0.4) is 0 Å². The molecule has 0 fully saturated rings. The van der Waals surface area contributed by atoms with E-state index < -0.39 is 0 Å². The van der Waals surface area contributed by atoms with Gasteiger partial charge in [0.15, 0.2) is 0 Å². The Morgan fingerprint density at radius 3 is 2.56 bits per heavy atom. The van der Waals surface area contributed by atoms with Crippen molar-refractivity contribution in [1.29, 1.82) is 0 Å². The average Bonchev–Trinajstić information content (AvgIpc) is 2.85. The van der Waals surface area contributed by atoms with E-state index in [2.05, 4.69) is 19.2 Å². The molecular formula is C15H18FNO. The maximum atomic E-state index is 12.8. The molecule has 0 unspecified atom stereocenters. The molecule has 0 saturated carbocycles. The lowest BCUT2D eigenvalue weighted by molar-refractivity contribution is 0.456. The van der Waals surface area contributed by atoms with E-state index in [1.807, 2.05) is 12.1 Å². The summed E-state index contributed by atoms with van der Waals surface area (Å²) < 4.78 is 18.5. The van der Waals surface area contributed by atoms with Gasteiger partial charge in [0, 0.05) is 11.6 Å². The molecule has 0 bridgehead atoms. The maximum Gasteiger partial charge on any atom is 0.134 e. The third-order valence-corrected chi connectivity index (χ3v) is 3.03. The van der Waals surface area contributed by atoms with Gasteiger partial charge in [0.25, 0.3) is 0 Å². The molecule has 2 nitrogen and oxygen atoms in total. The number of hydrogen-bond donors (Lipinski definition) is 1. The standard InChI is InChI=1S/C15H18FNO/c1-3-11(2)17-10-14-8-9-15(18-14)12-4-6-13(16)7-5-12/h4-9,11,17H,3,10H2,1-2H3/t11-/m0/s1. The Balaban J connectivity index is 2.03. The Labute approximate surface area is 107 Å². The predicted molar refractivity (Wildman–Crippen MR) is 70.7 cm³/mol. The summed E-state index contributed by atoms with van der Waals surface area (Å²) in [7, 11) is 0. The Kier molecular flexibility index (Phi) is 4.15. The molecule has 0 spiro atoms. The lowest BCUT2D eigenvalue weighted by Gasteiger charge is -2.08. The second kappa shape index (κ2) is 5.83. The van der Waals surface area contributed by atoms with Gasteiger partial charge in [0.05, 0.1) is 6.54 Å². The highest BCUT2D eigenvalue weighted by Crippen LogP contribution is 2.22. The van der Waals surface area contributed by atoms with Gasteiger partial charge in [0.2, 0.25) is 0 Å². The van der Waals surface area contributed by atoms with Gasteiger partial charge >= 0.3 is 0 Å². The third kappa shape index (κ3) is 3.20. The van der Waals surface area contributed by atoms with Crippen LogP contribution < -0.4 is 5.32 Å². The van der Waals surface area contributed by atoms with Gasteiger partial charge in [-0.2, -0.15) is 0 Å². The summed E-state index contributed by atoms with van der Waals surface area (Å²) in [6.45, 7) is 5.00. The van der Waals surface area contributed by atoms with Gasteiger partial charge in [-0.15, -0.1) is 0 Å². The molecule has 2 aromatic rings. The molecule has 0 amide bonds. The largest absolute Gasteiger partial charge is 0.460 e. The minimum atomic E-state index is -0.232. The number of nitrogens with one attached hydrogen (secondary N) is 1. The van der Waals surface area contributed by atoms with Crippen molar-refractivity contribution in [2.45, 2.75) is 32.9 Å². The van der Waals surface area contributed by atoms with Crippen LogP contribution >= 0.6 is 0 Å². The molecule has 0 aliphatic rings. The van der Waals surface area contributed by atoms with Crippen molar-refractivity contribution in [3.63, 3.8) is 0 Å². The fourth-order valence-electron chi connectivity index (χ4n) is 1.66. The van der Waals surface area contributed by atoms with E-state index in [-0.39, 0.29) is 5.82 Å². The van der Waals surface area contributed by atoms with Crippen molar-refractivity contribution in [2.24, 2.45) is 0 Å². The quantitative estimate of drug-likeness (QED) is 0.864. The van der Waals surface area contributed by atoms with Gasteiger partial charge in [0.1, 0.15) is 17.3 Å². The van der Waals surface area contributed by atoms with E-state index in [0.717, 1.165) is 30.0 Å². The lowest BCUT2D eigenvalue weighted by atomic mass is 10.2. The van der Waals surface area contributed by atoms with Crippen LogP contribution in [0.15, 0.2) is 40.8 Å². The van der Waals surface area contributed by atoms with Crippen LogP contribution in [0.4, 0.5) is 4.39 Å². The summed E-state index contributed by atoms with van der Waals surface area (Å²) >= 11 is 0. The highest BCUT2D eigenvalue weighted by atomic mass is 19.1. The molecule has 18 heavy (non-hydrogen) atoms. The zero-order valence-electron chi connectivity index (χ0n) is 10.7. The van der Waals surface area contributed by atoms with Crippen molar-refractivity contribution in [3.05, 3.63) is 48.0 Å². The smallest absolute Gasteiger partial charge is 0.134 e. The monoisotopic (exact) mass is 247 g/mol. The summed E-state index contributed by atoms with van der Waals surface area (Å²) in [5, 5.41) is 3.37. The van der Waals surface area contributed by atoms with Crippen LogP contribution in [-0.4, -0.2) is 6.04 Å². The summed E-state index contributed by atoms with van der Waals surface area (Å²) in [4.78, 5) is 0. The minimum Gasteiger partial charge on any atom is -0.460 e. The Morgan fingerprint density at radius 1 is 1.17 bits per heavy atom. The molecular weight excluding hydrogens is 229 g/mol. The molecule has 1 heterocycles. The topological polar surface area (TPSA) is 25.2 Å². The molecule has 0 saturated heterocycles. The first-order chi connectivity index (χ1) is 8.69. The van der Waals surface area contributed by atoms with Crippen molar-refractivity contribution < 1.29 is 8.81 Å². The van der Waals surface area contributed by atoms with Crippen LogP contribution in [0.5, 0.6) is 0 Å². The zero-order valence-corrected chi connectivity index (χ0v) is 10.7. The Hall–Kier alpha value is -1.61. The lowest BCUT2D eigenvalue weighted by Crippen LogP contribution is -2.24. The molecule has 96 valence electrons. The van der Waals surface area contributed by atoms with Gasteiger partial charge in [-0.1, -0.05) is 6.92 Å². The normalized spacial score (nSPS) is 12.6. The molecule has 1 aromatic heterocycles. The van der Waals surface area contributed by atoms with E-state index >= 15 is 0 Å². The van der Waals surface area contributed by atoms with Gasteiger partial charge in [-0.25, -0.2) is 4.39 Å². The van der Waals surface area contributed by atoms with Crippen molar-refractivity contribution in [1.82, 2.24) is 5.32 Å². The van der Waals surface area contributed by atoms with Crippen LogP contribution in [0.1, 0.15) is 26.0 Å². The number of benzene rings is 1. The number of rotatable bonds is 5. The van der Waals surface area contributed by atoms with Crippen molar-refractivity contribution in [2.75, 3.05) is 0 Å². The zero-order chi connectivity index (χ0) is 13.0. The first kappa shape index (κ1) is 12.8. The van der Waals surface area contributed by atoms with E-state index in [0.29, 0.717) is 6.04 Å². The minimum absolute atomic E-state index is 0.232. The second-order valence-electron chi connectivity index (χ2n) is 4.46. The molecule has 0 aliphatic carbocycles. The van der Waals surface area contributed by atoms with E-state index in [4.69, 9.17) is 4.42 Å². The fraction of sp³-hybridized carbons (Fsp3) is 0.333. The van der Waals surface area contributed by atoms with E-state index in [1.54, 1.807) is 12.1 Å². The molecule has 1 atom stereocenters. The van der Waals surface area contributed by atoms with E-state index in [9.17, 15) is 4.39 Å². The molecule has 1 aromatic carbocycles. The van der Waals surface area contributed by atoms with Crippen molar-refractivity contribution >= 4 is 0 Å². The van der Waals surface area contributed by atoms with Crippen LogP contribution in [0.2, 0.25) is 0 Å². The van der Waals surface area contributed by atoms with Gasteiger partial charge < -0.3 is 9.73 Å². The molecule has 0 aliphatic heterocycles. The first-order valence-corrected chi connectivity index (χ1v) is 6.27.